The molecule has 7 heteroatoms. The fraction of sp³-hybridized carbons (Fsp3) is 0.714. The lowest BCUT2D eigenvalue weighted by atomic mass is 9.85. The van der Waals surface area contributed by atoms with E-state index < -0.39 is 0 Å². The quantitative estimate of drug-likeness (QED) is 0.696. The summed E-state index contributed by atoms with van der Waals surface area (Å²) in [7, 11) is 0. The van der Waals surface area contributed by atoms with E-state index in [-0.39, 0.29) is 23.7 Å². The molecule has 0 saturated carbocycles. The van der Waals surface area contributed by atoms with Crippen LogP contribution in [0.3, 0.4) is 0 Å². The molecule has 1 aliphatic heterocycles. The van der Waals surface area contributed by atoms with E-state index in [0.29, 0.717) is 19.6 Å². The molecule has 1 amide bonds. The lowest BCUT2D eigenvalue weighted by Crippen LogP contribution is -2.46. The topological polar surface area (TPSA) is 75.6 Å². The Bertz CT molecular complexity index is 705. The van der Waals surface area contributed by atoms with Crippen molar-refractivity contribution in [3.63, 3.8) is 0 Å². The molecular weight excluding hydrogens is 356 g/mol. The second-order valence-corrected chi connectivity index (χ2v) is 7.63. The molecule has 1 fully saturated rings. The van der Waals surface area contributed by atoms with Gasteiger partial charge >= 0.3 is 5.97 Å². The number of nitrogens with zero attached hydrogens (tertiary/aromatic N) is 4. The third kappa shape index (κ3) is 4.45. The fourth-order valence-electron chi connectivity index (χ4n) is 4.25. The predicted octanol–water partition coefficient (Wildman–Crippen LogP) is 2.23. The van der Waals surface area contributed by atoms with Gasteiger partial charge in [0.25, 0.3) is 0 Å². The molecule has 1 aromatic rings. The number of fused-ring (bicyclic) bond motifs is 1. The van der Waals surface area contributed by atoms with Gasteiger partial charge in [-0.05, 0) is 58.4 Å². The van der Waals surface area contributed by atoms with Gasteiger partial charge in [0.2, 0.25) is 11.9 Å². The number of hydrogen-bond acceptors (Lipinski definition) is 6. The fourth-order valence-corrected chi connectivity index (χ4v) is 4.25. The third-order valence-corrected chi connectivity index (χ3v) is 5.89. The molecule has 0 unspecified atom stereocenters. The van der Waals surface area contributed by atoms with Crippen LogP contribution in [0.25, 0.3) is 0 Å². The second kappa shape index (κ2) is 9.34. The highest BCUT2D eigenvalue weighted by molar-refractivity contribution is 5.81. The van der Waals surface area contributed by atoms with Gasteiger partial charge in [0.15, 0.2) is 0 Å². The number of ether oxygens (including phenoxy) is 1. The van der Waals surface area contributed by atoms with E-state index in [9.17, 15) is 9.59 Å². The summed E-state index contributed by atoms with van der Waals surface area (Å²) in [4.78, 5) is 38.4. The number of amides is 1. The Morgan fingerprint density at radius 3 is 2.71 bits per heavy atom. The number of rotatable bonds is 6. The van der Waals surface area contributed by atoms with Crippen molar-refractivity contribution in [2.75, 3.05) is 37.7 Å². The van der Waals surface area contributed by atoms with Crippen LogP contribution in [0.1, 0.15) is 51.3 Å². The summed E-state index contributed by atoms with van der Waals surface area (Å²) in [5.41, 5.74) is 2.16. The summed E-state index contributed by atoms with van der Waals surface area (Å²) in [5, 5.41) is 0. The molecule has 2 atom stereocenters. The number of aryl methyl sites for hydroxylation is 1. The Morgan fingerprint density at radius 1 is 1.21 bits per heavy atom. The first-order valence-corrected chi connectivity index (χ1v) is 10.6. The van der Waals surface area contributed by atoms with Gasteiger partial charge in [-0.2, -0.15) is 0 Å². The number of aromatic nitrogens is 2. The zero-order chi connectivity index (χ0) is 20.1. The number of carbonyl (C=O) groups is 2. The summed E-state index contributed by atoms with van der Waals surface area (Å²) >= 11 is 0. The number of piperidine rings is 1. The van der Waals surface area contributed by atoms with Crippen LogP contribution in [-0.2, 0) is 27.2 Å². The van der Waals surface area contributed by atoms with Crippen LogP contribution in [0, 0.1) is 11.8 Å². The van der Waals surface area contributed by atoms with Gasteiger partial charge in [0, 0.05) is 44.0 Å². The van der Waals surface area contributed by atoms with Gasteiger partial charge in [-0.15, -0.1) is 0 Å². The van der Waals surface area contributed by atoms with Crippen LogP contribution >= 0.6 is 0 Å². The van der Waals surface area contributed by atoms with Crippen LogP contribution in [0.4, 0.5) is 5.95 Å². The van der Waals surface area contributed by atoms with Gasteiger partial charge in [-0.1, -0.05) is 0 Å². The van der Waals surface area contributed by atoms with Crippen molar-refractivity contribution in [1.29, 1.82) is 0 Å². The molecule has 0 N–H and O–H groups in total. The Hall–Kier alpha value is -2.18. The van der Waals surface area contributed by atoms with Gasteiger partial charge in [-0.25, -0.2) is 9.97 Å². The number of esters is 1. The monoisotopic (exact) mass is 388 g/mol. The van der Waals surface area contributed by atoms with Gasteiger partial charge in [0.1, 0.15) is 0 Å². The van der Waals surface area contributed by atoms with E-state index in [1.165, 1.54) is 0 Å². The molecule has 1 saturated heterocycles. The zero-order valence-electron chi connectivity index (χ0n) is 17.3. The molecule has 2 heterocycles. The normalized spacial score (nSPS) is 21.8. The average molecular weight is 389 g/mol. The van der Waals surface area contributed by atoms with Crippen LogP contribution in [0.5, 0.6) is 0 Å². The van der Waals surface area contributed by atoms with E-state index in [2.05, 4.69) is 23.7 Å². The van der Waals surface area contributed by atoms with Gasteiger partial charge in [-0.3, -0.25) is 9.59 Å². The zero-order valence-corrected chi connectivity index (χ0v) is 17.3. The summed E-state index contributed by atoms with van der Waals surface area (Å²) in [6.07, 6.45) is 5.85. The molecule has 0 radical (unpaired) electrons. The Kier molecular flexibility index (Phi) is 6.86. The molecule has 0 spiro atoms. The lowest BCUT2D eigenvalue weighted by molar-refractivity contribution is -0.152. The maximum atomic E-state index is 13.1. The first kappa shape index (κ1) is 20.6. The third-order valence-electron chi connectivity index (χ3n) is 5.89. The van der Waals surface area contributed by atoms with Crippen molar-refractivity contribution in [3.8, 4) is 0 Å². The average Bonchev–Trinajstić information content (AvgIpc) is 2.74. The minimum absolute atomic E-state index is 0.0450. The van der Waals surface area contributed by atoms with E-state index in [1.807, 2.05) is 18.0 Å². The maximum Gasteiger partial charge on any atom is 0.310 e. The number of hydrogen-bond donors (Lipinski definition) is 0. The SMILES string of the molecule is CCOC(=O)[C@@H]1CCCN(C(=O)[C@@H]2CCc3nc(N(CC)CC)ncc3C2)C1. The first-order valence-electron chi connectivity index (χ1n) is 10.6. The Labute approximate surface area is 167 Å². The van der Waals surface area contributed by atoms with E-state index >= 15 is 0 Å². The van der Waals surface area contributed by atoms with E-state index in [0.717, 1.165) is 62.5 Å². The Balaban J connectivity index is 1.64. The standard InChI is InChI=1S/C21H32N4O3/c1-4-24(5-2)21-22-13-17-12-15(9-10-18(17)23-21)19(26)25-11-7-8-16(14-25)20(27)28-6-3/h13,15-16H,4-12,14H2,1-3H3/t15-,16-/m1/s1. The van der Waals surface area contributed by atoms with Crippen LogP contribution in [0.15, 0.2) is 6.20 Å². The van der Waals surface area contributed by atoms with Crippen LogP contribution < -0.4 is 4.90 Å². The van der Waals surface area contributed by atoms with Crippen LogP contribution in [-0.4, -0.2) is 59.5 Å². The Morgan fingerprint density at radius 2 is 2.00 bits per heavy atom. The molecule has 0 aromatic carbocycles. The molecule has 0 bridgehead atoms. The van der Waals surface area contributed by atoms with Crippen molar-refractivity contribution in [2.24, 2.45) is 11.8 Å². The number of anilines is 1. The maximum absolute atomic E-state index is 13.1. The molecule has 3 rings (SSSR count). The van der Waals surface area contributed by atoms with E-state index in [1.54, 1.807) is 0 Å². The molecule has 154 valence electrons. The first-order chi connectivity index (χ1) is 13.6. The van der Waals surface area contributed by atoms with Crippen LogP contribution in [0.2, 0.25) is 0 Å². The van der Waals surface area contributed by atoms with Crippen molar-refractivity contribution in [1.82, 2.24) is 14.9 Å². The van der Waals surface area contributed by atoms with Crippen molar-refractivity contribution < 1.29 is 14.3 Å². The minimum Gasteiger partial charge on any atom is -0.466 e. The molecule has 28 heavy (non-hydrogen) atoms. The number of carbonyl (C=O) groups excluding carboxylic acids is 2. The van der Waals surface area contributed by atoms with E-state index in [4.69, 9.17) is 9.72 Å². The van der Waals surface area contributed by atoms with Crippen molar-refractivity contribution >= 4 is 17.8 Å². The molecule has 2 aliphatic rings. The highest BCUT2D eigenvalue weighted by Crippen LogP contribution is 2.28. The van der Waals surface area contributed by atoms with Crippen molar-refractivity contribution in [3.05, 3.63) is 17.5 Å². The summed E-state index contributed by atoms with van der Waals surface area (Å²) < 4.78 is 5.15. The summed E-state index contributed by atoms with van der Waals surface area (Å²) in [5.74, 6) is 0.533. The minimum atomic E-state index is -0.187. The summed E-state index contributed by atoms with van der Waals surface area (Å²) in [6.45, 7) is 9.38. The molecule has 1 aromatic heterocycles. The highest BCUT2D eigenvalue weighted by Gasteiger charge is 2.34. The number of likely N-dealkylation sites (tertiary alicyclic amines) is 1. The predicted molar refractivity (Wildman–Crippen MR) is 107 cm³/mol. The van der Waals surface area contributed by atoms with Crippen molar-refractivity contribution in [2.45, 2.75) is 52.9 Å². The molecular formula is C21H32N4O3. The van der Waals surface area contributed by atoms with Gasteiger partial charge < -0.3 is 14.5 Å². The smallest absolute Gasteiger partial charge is 0.310 e. The largest absolute Gasteiger partial charge is 0.466 e. The lowest BCUT2D eigenvalue weighted by Gasteiger charge is -2.35. The highest BCUT2D eigenvalue weighted by atomic mass is 16.5. The molecule has 7 nitrogen and oxygen atoms in total. The molecule has 1 aliphatic carbocycles. The second-order valence-electron chi connectivity index (χ2n) is 7.63. The summed E-state index contributed by atoms with van der Waals surface area (Å²) in [6, 6.07) is 0. The van der Waals surface area contributed by atoms with Gasteiger partial charge in [0.05, 0.1) is 12.5 Å².